The first-order chi connectivity index (χ1) is 12.7. The van der Waals surface area contributed by atoms with E-state index in [-0.39, 0.29) is 18.8 Å². The Morgan fingerprint density at radius 2 is 1.46 bits per heavy atom. The smallest absolute Gasteiger partial charge is 0.344 e. The van der Waals surface area contributed by atoms with Gasteiger partial charge in [-0.05, 0) is 19.1 Å². The largest absolute Gasteiger partial charge is 0.458 e. The molecule has 0 saturated heterocycles. The van der Waals surface area contributed by atoms with E-state index in [1.807, 2.05) is 36.4 Å². The molecule has 26 heavy (non-hydrogen) atoms. The molecule has 0 aliphatic carbocycles. The molecule has 0 N–H and O–H groups in total. The second kappa shape index (κ2) is 8.11. The Balaban J connectivity index is 1.58. The van der Waals surface area contributed by atoms with Gasteiger partial charge in [-0.2, -0.15) is 0 Å². The van der Waals surface area contributed by atoms with Crippen LogP contribution in [0, 0.1) is 6.92 Å². The van der Waals surface area contributed by atoms with Crippen LogP contribution in [-0.2, 0) is 9.47 Å². The molecule has 6 nitrogen and oxygen atoms in total. The number of hydrogen-bond acceptors (Lipinski definition) is 6. The fraction of sp³-hybridized carbons (Fsp3) is 0.150. The maximum atomic E-state index is 12.4. The number of aromatic nitrogens is 1. The standard InChI is InChI=1S/C20H17NO5/c1-14-17(18(21-26-14)15-8-4-2-5-9-15)20(23)25-13-12-24-19(22)16-10-6-3-7-11-16/h2-11H,12-13H2,1H3. The molecule has 3 aromatic rings. The molecule has 1 heterocycles. The van der Waals surface area contributed by atoms with Crippen LogP contribution >= 0.6 is 0 Å². The van der Waals surface area contributed by atoms with E-state index in [1.54, 1.807) is 31.2 Å². The summed E-state index contributed by atoms with van der Waals surface area (Å²) in [5.74, 6) is -0.665. The fourth-order valence-corrected chi connectivity index (χ4v) is 2.40. The third-order valence-electron chi connectivity index (χ3n) is 3.67. The number of benzene rings is 2. The molecule has 0 aliphatic heterocycles. The minimum Gasteiger partial charge on any atom is -0.458 e. The molecule has 0 atom stereocenters. The van der Waals surface area contributed by atoms with E-state index in [1.165, 1.54) is 0 Å². The van der Waals surface area contributed by atoms with E-state index < -0.39 is 11.9 Å². The van der Waals surface area contributed by atoms with E-state index in [9.17, 15) is 9.59 Å². The first kappa shape index (κ1) is 17.4. The van der Waals surface area contributed by atoms with E-state index in [4.69, 9.17) is 14.0 Å². The molecule has 0 bridgehead atoms. The van der Waals surface area contributed by atoms with Gasteiger partial charge in [-0.1, -0.05) is 53.7 Å². The molecule has 3 rings (SSSR count). The summed E-state index contributed by atoms with van der Waals surface area (Å²) in [5, 5.41) is 3.94. The van der Waals surface area contributed by atoms with Gasteiger partial charge in [-0.15, -0.1) is 0 Å². The van der Waals surface area contributed by atoms with Crippen LogP contribution < -0.4 is 0 Å². The summed E-state index contributed by atoms with van der Waals surface area (Å²) in [4.78, 5) is 24.2. The van der Waals surface area contributed by atoms with Crippen LogP contribution in [0.3, 0.4) is 0 Å². The summed E-state index contributed by atoms with van der Waals surface area (Å²) in [7, 11) is 0. The lowest BCUT2D eigenvalue weighted by molar-refractivity contribution is 0.0265. The summed E-state index contributed by atoms with van der Waals surface area (Å²) in [6.07, 6.45) is 0. The van der Waals surface area contributed by atoms with Crippen LogP contribution in [0.25, 0.3) is 11.3 Å². The first-order valence-corrected chi connectivity index (χ1v) is 8.08. The molecule has 0 fully saturated rings. The van der Waals surface area contributed by atoms with Gasteiger partial charge in [0.2, 0.25) is 0 Å². The second-order valence-corrected chi connectivity index (χ2v) is 5.47. The highest BCUT2D eigenvalue weighted by atomic mass is 16.6. The van der Waals surface area contributed by atoms with Crippen molar-refractivity contribution < 1.29 is 23.6 Å². The molecule has 0 unspecified atom stereocenters. The molecule has 6 heteroatoms. The van der Waals surface area contributed by atoms with Gasteiger partial charge >= 0.3 is 11.9 Å². The lowest BCUT2D eigenvalue weighted by Crippen LogP contribution is -2.14. The van der Waals surface area contributed by atoms with Crippen LogP contribution in [-0.4, -0.2) is 30.3 Å². The van der Waals surface area contributed by atoms with Gasteiger partial charge in [0.05, 0.1) is 5.56 Å². The van der Waals surface area contributed by atoms with Crippen LogP contribution in [0.4, 0.5) is 0 Å². The maximum Gasteiger partial charge on any atom is 0.344 e. The lowest BCUT2D eigenvalue weighted by Gasteiger charge is -2.07. The Morgan fingerprint density at radius 3 is 2.12 bits per heavy atom. The van der Waals surface area contributed by atoms with Crippen LogP contribution in [0.15, 0.2) is 65.2 Å². The van der Waals surface area contributed by atoms with Gasteiger partial charge in [0.25, 0.3) is 0 Å². The Labute approximate surface area is 150 Å². The van der Waals surface area contributed by atoms with Crippen LogP contribution in [0.1, 0.15) is 26.5 Å². The van der Waals surface area contributed by atoms with Gasteiger partial charge in [0.15, 0.2) is 0 Å². The Hall–Kier alpha value is -3.41. The topological polar surface area (TPSA) is 78.6 Å². The van der Waals surface area contributed by atoms with Crippen molar-refractivity contribution in [3.63, 3.8) is 0 Å². The summed E-state index contributed by atoms with van der Waals surface area (Å²) in [6.45, 7) is 1.55. The lowest BCUT2D eigenvalue weighted by atomic mass is 10.1. The van der Waals surface area contributed by atoms with Gasteiger partial charge in [-0.3, -0.25) is 0 Å². The number of nitrogens with zero attached hydrogens (tertiary/aromatic N) is 1. The molecule has 132 valence electrons. The number of carbonyl (C=O) groups is 2. The zero-order valence-electron chi connectivity index (χ0n) is 14.2. The highest BCUT2D eigenvalue weighted by Crippen LogP contribution is 2.25. The van der Waals surface area contributed by atoms with Crippen molar-refractivity contribution >= 4 is 11.9 Å². The average molecular weight is 351 g/mol. The van der Waals surface area contributed by atoms with Crippen molar-refractivity contribution in [3.8, 4) is 11.3 Å². The summed E-state index contributed by atoms with van der Waals surface area (Å²) >= 11 is 0. The van der Waals surface area contributed by atoms with Crippen LogP contribution in [0.2, 0.25) is 0 Å². The third kappa shape index (κ3) is 3.97. The van der Waals surface area contributed by atoms with E-state index in [0.29, 0.717) is 17.0 Å². The number of aryl methyl sites for hydroxylation is 1. The highest BCUT2D eigenvalue weighted by molar-refractivity contribution is 5.97. The predicted molar refractivity (Wildman–Crippen MR) is 93.7 cm³/mol. The van der Waals surface area contributed by atoms with E-state index in [0.717, 1.165) is 5.56 Å². The number of ether oxygens (including phenoxy) is 2. The van der Waals surface area contributed by atoms with Gasteiger partial charge in [0.1, 0.15) is 30.2 Å². The number of rotatable bonds is 6. The zero-order chi connectivity index (χ0) is 18.4. The minimum absolute atomic E-state index is 0.0372. The molecular weight excluding hydrogens is 334 g/mol. The van der Waals surface area contributed by atoms with Crippen molar-refractivity contribution in [2.75, 3.05) is 13.2 Å². The van der Waals surface area contributed by atoms with Gasteiger partial charge in [0, 0.05) is 5.56 Å². The third-order valence-corrected chi connectivity index (χ3v) is 3.67. The van der Waals surface area contributed by atoms with Crippen molar-refractivity contribution in [3.05, 3.63) is 77.6 Å². The quantitative estimate of drug-likeness (QED) is 0.498. The monoisotopic (exact) mass is 351 g/mol. The van der Waals surface area contributed by atoms with Gasteiger partial charge < -0.3 is 14.0 Å². The number of esters is 2. The number of hydrogen-bond donors (Lipinski definition) is 0. The normalized spacial score (nSPS) is 10.3. The second-order valence-electron chi connectivity index (χ2n) is 5.47. The summed E-state index contributed by atoms with van der Waals surface area (Å²) in [6, 6.07) is 17.8. The predicted octanol–water partition coefficient (Wildman–Crippen LogP) is 3.66. The van der Waals surface area contributed by atoms with Gasteiger partial charge in [-0.25, -0.2) is 9.59 Å². The summed E-state index contributed by atoms with van der Waals surface area (Å²) < 4.78 is 15.4. The van der Waals surface area contributed by atoms with Crippen molar-refractivity contribution in [2.24, 2.45) is 0 Å². The number of carbonyl (C=O) groups excluding carboxylic acids is 2. The van der Waals surface area contributed by atoms with Crippen molar-refractivity contribution in [1.82, 2.24) is 5.16 Å². The molecule has 0 spiro atoms. The Bertz CT molecular complexity index is 887. The molecule has 2 aromatic carbocycles. The summed E-state index contributed by atoms with van der Waals surface area (Å²) in [5.41, 5.74) is 1.90. The maximum absolute atomic E-state index is 12.4. The molecule has 0 saturated carbocycles. The van der Waals surface area contributed by atoms with Crippen LogP contribution in [0.5, 0.6) is 0 Å². The Morgan fingerprint density at radius 1 is 0.885 bits per heavy atom. The molecule has 1 aromatic heterocycles. The van der Waals surface area contributed by atoms with E-state index in [2.05, 4.69) is 5.16 Å². The van der Waals surface area contributed by atoms with Crippen molar-refractivity contribution in [2.45, 2.75) is 6.92 Å². The SMILES string of the molecule is Cc1onc(-c2ccccc2)c1C(=O)OCCOC(=O)c1ccccc1. The fourth-order valence-electron chi connectivity index (χ4n) is 2.40. The molecule has 0 aliphatic rings. The molecular formula is C20H17NO5. The van der Waals surface area contributed by atoms with Crippen molar-refractivity contribution in [1.29, 1.82) is 0 Å². The average Bonchev–Trinajstić information content (AvgIpc) is 3.08. The molecule has 0 amide bonds. The van der Waals surface area contributed by atoms with E-state index >= 15 is 0 Å². The zero-order valence-corrected chi connectivity index (χ0v) is 14.2. The highest BCUT2D eigenvalue weighted by Gasteiger charge is 2.22. The first-order valence-electron chi connectivity index (χ1n) is 8.08. The minimum atomic E-state index is -0.571. The Kier molecular flexibility index (Phi) is 5.43. The molecule has 0 radical (unpaired) electrons.